The fourth-order valence-corrected chi connectivity index (χ4v) is 2.71. The third kappa shape index (κ3) is 5.05. The van der Waals surface area contributed by atoms with E-state index in [1.165, 1.54) is 18.2 Å². The highest BCUT2D eigenvalue weighted by Crippen LogP contribution is 2.33. The van der Waals surface area contributed by atoms with Crippen LogP contribution in [-0.2, 0) is 0 Å². The molecule has 0 amide bonds. The Morgan fingerprint density at radius 3 is 2.43 bits per heavy atom. The van der Waals surface area contributed by atoms with E-state index in [1.54, 1.807) is 6.07 Å². The van der Waals surface area contributed by atoms with Crippen molar-refractivity contribution in [2.45, 2.75) is 44.2 Å². The van der Waals surface area contributed by atoms with Gasteiger partial charge in [-0.05, 0) is 36.5 Å². The average molecular weight is 326 g/mol. The van der Waals surface area contributed by atoms with E-state index < -0.39 is 18.5 Å². The van der Waals surface area contributed by atoms with Crippen LogP contribution in [0.2, 0.25) is 0 Å². The normalized spacial score (nSPS) is 18.9. The van der Waals surface area contributed by atoms with Crippen LogP contribution in [0, 0.1) is 5.92 Å². The predicted molar refractivity (Wildman–Crippen MR) is 75.3 cm³/mol. The molecule has 1 fully saturated rings. The Labute approximate surface area is 127 Å². The van der Waals surface area contributed by atoms with Gasteiger partial charge in [-0.15, -0.1) is 25.6 Å². The summed E-state index contributed by atoms with van der Waals surface area (Å²) >= 11 is 0. The van der Waals surface area contributed by atoms with Gasteiger partial charge in [-0.2, -0.15) is 0 Å². The van der Waals surface area contributed by atoms with Gasteiger partial charge in [-0.1, -0.05) is 25.0 Å². The van der Waals surface area contributed by atoms with Crippen molar-refractivity contribution in [3.63, 3.8) is 0 Å². The summed E-state index contributed by atoms with van der Waals surface area (Å²) in [6, 6.07) is 4.79. The van der Waals surface area contributed by atoms with Crippen LogP contribution in [0.15, 0.2) is 24.3 Å². The molecule has 2 atom stereocenters. The Morgan fingerprint density at radius 2 is 1.86 bits per heavy atom. The highest BCUT2D eigenvalue weighted by Gasteiger charge is 2.32. The van der Waals surface area contributed by atoms with Crippen molar-refractivity contribution in [1.82, 2.24) is 0 Å². The van der Waals surface area contributed by atoms with Crippen molar-refractivity contribution in [2.24, 2.45) is 11.7 Å². The van der Waals surface area contributed by atoms with Crippen molar-refractivity contribution < 1.29 is 23.0 Å². The van der Waals surface area contributed by atoms with Gasteiger partial charge < -0.3 is 15.6 Å². The molecule has 0 spiro atoms. The molecule has 1 aliphatic carbocycles. The quantitative estimate of drug-likeness (QED) is 0.890. The molecule has 3 nitrogen and oxygen atoms in total. The van der Waals surface area contributed by atoms with Crippen LogP contribution in [0.1, 0.15) is 37.3 Å². The standard InChI is InChI=1S/C14H18F3NO2.ClH/c15-14(16,17)20-11-7-3-6-10(8-11)12(18)13(19)9-4-1-2-5-9;/h3,6-9,12-13,19H,1-2,4-5,18H2;1H/t12-,13+;/m1./s1. The predicted octanol–water partition coefficient (Wildman–Crippen LogP) is 3.56. The maximum atomic E-state index is 12.2. The number of aliphatic hydroxyl groups is 1. The lowest BCUT2D eigenvalue weighted by Crippen LogP contribution is -2.32. The average Bonchev–Trinajstić information content (AvgIpc) is 2.89. The number of alkyl halides is 3. The summed E-state index contributed by atoms with van der Waals surface area (Å²) in [5.41, 5.74) is 6.41. The highest BCUT2D eigenvalue weighted by atomic mass is 35.5. The maximum absolute atomic E-state index is 12.2. The first-order chi connectivity index (χ1) is 9.37. The van der Waals surface area contributed by atoms with Crippen molar-refractivity contribution in [1.29, 1.82) is 0 Å². The summed E-state index contributed by atoms with van der Waals surface area (Å²) in [6.45, 7) is 0. The summed E-state index contributed by atoms with van der Waals surface area (Å²) in [5.74, 6) is -0.193. The number of halogens is 4. The molecular weight excluding hydrogens is 307 g/mol. The topological polar surface area (TPSA) is 55.5 Å². The molecule has 0 aliphatic heterocycles. The molecule has 0 saturated heterocycles. The van der Waals surface area contributed by atoms with Gasteiger partial charge in [0.25, 0.3) is 0 Å². The van der Waals surface area contributed by atoms with E-state index >= 15 is 0 Å². The third-order valence-electron chi connectivity index (χ3n) is 3.73. The number of hydrogen-bond acceptors (Lipinski definition) is 3. The summed E-state index contributed by atoms with van der Waals surface area (Å²) in [6.07, 6.45) is -1.52. The van der Waals surface area contributed by atoms with Crippen LogP contribution in [-0.4, -0.2) is 17.6 Å². The monoisotopic (exact) mass is 325 g/mol. The Kier molecular flexibility index (Phi) is 6.31. The van der Waals surface area contributed by atoms with Gasteiger partial charge in [-0.25, -0.2) is 0 Å². The molecule has 1 aliphatic rings. The van der Waals surface area contributed by atoms with Gasteiger partial charge in [-0.3, -0.25) is 0 Å². The lowest BCUT2D eigenvalue weighted by Gasteiger charge is -2.25. The van der Waals surface area contributed by atoms with Crippen molar-refractivity contribution in [3.05, 3.63) is 29.8 Å². The molecule has 21 heavy (non-hydrogen) atoms. The minimum atomic E-state index is -4.73. The number of ether oxygens (including phenoxy) is 1. The SMILES string of the molecule is Cl.N[C@H](c1cccc(OC(F)(F)F)c1)[C@@H](O)C1CCCC1. The van der Waals surface area contributed by atoms with E-state index in [-0.39, 0.29) is 24.1 Å². The van der Waals surface area contributed by atoms with Crippen LogP contribution in [0.25, 0.3) is 0 Å². The van der Waals surface area contributed by atoms with E-state index in [2.05, 4.69) is 4.74 Å². The number of rotatable bonds is 4. The number of nitrogens with two attached hydrogens (primary N) is 1. The molecule has 7 heteroatoms. The summed E-state index contributed by atoms with van der Waals surface area (Å²) < 4.78 is 40.4. The zero-order valence-electron chi connectivity index (χ0n) is 11.3. The van der Waals surface area contributed by atoms with Crippen LogP contribution in [0.3, 0.4) is 0 Å². The fraction of sp³-hybridized carbons (Fsp3) is 0.571. The first kappa shape index (κ1) is 18.1. The van der Waals surface area contributed by atoms with Crippen LogP contribution in [0.4, 0.5) is 13.2 Å². The molecule has 0 heterocycles. The number of aliphatic hydroxyl groups excluding tert-OH is 1. The minimum Gasteiger partial charge on any atom is -0.406 e. The zero-order valence-corrected chi connectivity index (χ0v) is 12.2. The maximum Gasteiger partial charge on any atom is 0.573 e. The molecule has 0 aromatic heterocycles. The highest BCUT2D eigenvalue weighted by molar-refractivity contribution is 5.85. The Morgan fingerprint density at radius 1 is 1.24 bits per heavy atom. The molecule has 0 bridgehead atoms. The first-order valence-electron chi connectivity index (χ1n) is 6.66. The molecule has 1 aromatic carbocycles. The van der Waals surface area contributed by atoms with Gasteiger partial charge in [0, 0.05) is 0 Å². The second kappa shape index (κ2) is 7.33. The van der Waals surface area contributed by atoms with Gasteiger partial charge in [0.05, 0.1) is 12.1 Å². The van der Waals surface area contributed by atoms with Gasteiger partial charge >= 0.3 is 6.36 Å². The van der Waals surface area contributed by atoms with E-state index in [4.69, 9.17) is 5.73 Å². The Bertz CT molecular complexity index is 450. The van der Waals surface area contributed by atoms with E-state index in [0.717, 1.165) is 25.7 Å². The Balaban J connectivity index is 0.00000220. The molecule has 1 aromatic rings. The zero-order chi connectivity index (χ0) is 14.8. The molecular formula is C14H19ClF3NO2. The second-order valence-electron chi connectivity index (χ2n) is 5.18. The molecule has 1 saturated carbocycles. The van der Waals surface area contributed by atoms with Gasteiger partial charge in [0.15, 0.2) is 0 Å². The van der Waals surface area contributed by atoms with Gasteiger partial charge in [0.2, 0.25) is 0 Å². The Hall–Kier alpha value is -0.980. The summed E-state index contributed by atoms with van der Waals surface area (Å²) in [7, 11) is 0. The number of hydrogen-bond donors (Lipinski definition) is 2. The summed E-state index contributed by atoms with van der Waals surface area (Å²) in [5, 5.41) is 10.2. The third-order valence-corrected chi connectivity index (χ3v) is 3.73. The fourth-order valence-electron chi connectivity index (χ4n) is 2.71. The van der Waals surface area contributed by atoms with Crippen molar-refractivity contribution in [2.75, 3.05) is 0 Å². The molecule has 3 N–H and O–H groups in total. The van der Waals surface area contributed by atoms with Gasteiger partial charge in [0.1, 0.15) is 5.75 Å². The van der Waals surface area contributed by atoms with Crippen LogP contribution < -0.4 is 10.5 Å². The lowest BCUT2D eigenvalue weighted by molar-refractivity contribution is -0.274. The van der Waals surface area contributed by atoms with E-state index in [1.807, 2.05) is 0 Å². The number of benzene rings is 1. The molecule has 2 rings (SSSR count). The van der Waals surface area contributed by atoms with Crippen LogP contribution >= 0.6 is 12.4 Å². The first-order valence-corrected chi connectivity index (χ1v) is 6.66. The second-order valence-corrected chi connectivity index (χ2v) is 5.18. The van der Waals surface area contributed by atoms with Crippen molar-refractivity contribution in [3.8, 4) is 5.75 Å². The largest absolute Gasteiger partial charge is 0.573 e. The summed E-state index contributed by atoms with van der Waals surface area (Å²) in [4.78, 5) is 0. The lowest BCUT2D eigenvalue weighted by atomic mass is 9.91. The smallest absolute Gasteiger partial charge is 0.406 e. The molecule has 0 radical (unpaired) electrons. The van der Waals surface area contributed by atoms with E-state index in [9.17, 15) is 18.3 Å². The molecule has 120 valence electrons. The minimum absolute atomic E-state index is 0. The van der Waals surface area contributed by atoms with Crippen LogP contribution in [0.5, 0.6) is 5.75 Å². The molecule has 0 unspecified atom stereocenters. The van der Waals surface area contributed by atoms with E-state index in [0.29, 0.717) is 5.56 Å². The van der Waals surface area contributed by atoms with Crippen molar-refractivity contribution >= 4 is 12.4 Å².